The second-order valence-corrected chi connectivity index (χ2v) is 7.32. The van der Waals surface area contributed by atoms with Gasteiger partial charge in [-0.15, -0.1) is 11.8 Å². The minimum Gasteiger partial charge on any atom is -0.480 e. The molecule has 2 heterocycles. The van der Waals surface area contributed by atoms with Crippen LogP contribution < -0.4 is 0 Å². The fraction of sp³-hybridized carbons (Fsp3) is 0.867. The molecule has 0 aromatic carbocycles. The topological polar surface area (TPSA) is 66.8 Å². The number of carbonyl (C=O) groups is 2. The van der Waals surface area contributed by atoms with E-state index in [1.807, 2.05) is 20.8 Å². The summed E-state index contributed by atoms with van der Waals surface area (Å²) < 4.78 is 5.76. The Kier molecular flexibility index (Phi) is 5.20. The number of carbonyl (C=O) groups excluding carboxylic acids is 1. The van der Waals surface area contributed by atoms with Crippen LogP contribution in [0, 0.1) is 11.8 Å². The van der Waals surface area contributed by atoms with Gasteiger partial charge in [-0.05, 0) is 26.2 Å². The molecule has 2 aliphatic rings. The van der Waals surface area contributed by atoms with Crippen LogP contribution in [-0.2, 0) is 14.3 Å². The maximum Gasteiger partial charge on any atom is 0.327 e. The van der Waals surface area contributed by atoms with Crippen molar-refractivity contribution in [3.63, 3.8) is 0 Å². The van der Waals surface area contributed by atoms with Crippen molar-refractivity contribution in [1.82, 2.24) is 4.90 Å². The zero-order chi connectivity index (χ0) is 15.7. The Labute approximate surface area is 130 Å². The van der Waals surface area contributed by atoms with Crippen LogP contribution in [0.5, 0.6) is 0 Å². The highest BCUT2D eigenvalue weighted by atomic mass is 32.2. The van der Waals surface area contributed by atoms with Gasteiger partial charge in [-0.25, -0.2) is 4.79 Å². The SMILES string of the molecule is CCCC1SCC(C(=O)O)N1C(=O)C1C(C)OC(C)C1C. The lowest BCUT2D eigenvalue weighted by Gasteiger charge is -2.31. The van der Waals surface area contributed by atoms with Gasteiger partial charge < -0.3 is 14.7 Å². The molecule has 0 spiro atoms. The molecular formula is C15H25NO4S. The zero-order valence-corrected chi connectivity index (χ0v) is 13.9. The van der Waals surface area contributed by atoms with Crippen molar-refractivity contribution in [2.45, 2.75) is 64.2 Å². The van der Waals surface area contributed by atoms with Gasteiger partial charge in [0.2, 0.25) is 5.91 Å². The van der Waals surface area contributed by atoms with E-state index in [1.54, 1.807) is 16.7 Å². The van der Waals surface area contributed by atoms with E-state index < -0.39 is 12.0 Å². The molecule has 2 fully saturated rings. The first kappa shape index (κ1) is 16.6. The number of carboxylic acid groups (broad SMARTS) is 1. The molecule has 0 aliphatic carbocycles. The molecule has 0 aromatic heterocycles. The second-order valence-electron chi connectivity index (χ2n) is 6.11. The number of amides is 1. The van der Waals surface area contributed by atoms with E-state index in [0.29, 0.717) is 5.75 Å². The molecule has 1 amide bonds. The average Bonchev–Trinajstić information content (AvgIpc) is 2.92. The summed E-state index contributed by atoms with van der Waals surface area (Å²) >= 11 is 1.59. The first-order valence-corrected chi connectivity index (χ1v) is 8.75. The van der Waals surface area contributed by atoms with E-state index in [0.717, 1.165) is 12.8 Å². The van der Waals surface area contributed by atoms with Crippen molar-refractivity contribution in [2.75, 3.05) is 5.75 Å². The lowest BCUT2D eigenvalue weighted by atomic mass is 9.88. The Morgan fingerprint density at radius 3 is 2.43 bits per heavy atom. The fourth-order valence-electron chi connectivity index (χ4n) is 3.38. The molecule has 6 atom stereocenters. The van der Waals surface area contributed by atoms with Crippen molar-refractivity contribution >= 4 is 23.6 Å². The first-order valence-electron chi connectivity index (χ1n) is 7.70. The van der Waals surface area contributed by atoms with E-state index in [-0.39, 0.29) is 35.3 Å². The Hall–Kier alpha value is -0.750. The zero-order valence-electron chi connectivity index (χ0n) is 13.1. The molecule has 21 heavy (non-hydrogen) atoms. The van der Waals surface area contributed by atoms with Gasteiger partial charge in [0.25, 0.3) is 0 Å². The van der Waals surface area contributed by atoms with Gasteiger partial charge in [0.05, 0.1) is 23.5 Å². The molecule has 1 N–H and O–H groups in total. The van der Waals surface area contributed by atoms with Gasteiger partial charge in [0, 0.05) is 5.75 Å². The summed E-state index contributed by atoms with van der Waals surface area (Å²) in [6.45, 7) is 7.97. The number of carboxylic acids is 1. The highest BCUT2D eigenvalue weighted by Crippen LogP contribution is 2.39. The van der Waals surface area contributed by atoms with Gasteiger partial charge in [-0.2, -0.15) is 0 Å². The fourth-order valence-corrected chi connectivity index (χ4v) is 4.90. The summed E-state index contributed by atoms with van der Waals surface area (Å²) in [5.74, 6) is -0.580. The molecule has 5 nitrogen and oxygen atoms in total. The van der Waals surface area contributed by atoms with Crippen LogP contribution in [0.15, 0.2) is 0 Å². The minimum atomic E-state index is -0.901. The predicted molar refractivity (Wildman–Crippen MR) is 82.1 cm³/mol. The molecule has 0 bridgehead atoms. The highest BCUT2D eigenvalue weighted by Gasteiger charge is 2.49. The lowest BCUT2D eigenvalue weighted by Crippen LogP contribution is -2.50. The van der Waals surface area contributed by atoms with Crippen LogP contribution in [0.25, 0.3) is 0 Å². The molecule has 0 aromatic rings. The van der Waals surface area contributed by atoms with Gasteiger partial charge in [-0.1, -0.05) is 20.3 Å². The summed E-state index contributed by atoms with van der Waals surface area (Å²) in [7, 11) is 0. The monoisotopic (exact) mass is 315 g/mol. The normalized spacial score (nSPS) is 39.7. The third kappa shape index (κ3) is 3.06. The Balaban J connectivity index is 2.22. The number of hydrogen-bond acceptors (Lipinski definition) is 4. The van der Waals surface area contributed by atoms with Crippen LogP contribution in [0.4, 0.5) is 0 Å². The molecule has 6 unspecified atom stereocenters. The number of thioether (sulfide) groups is 1. The maximum atomic E-state index is 13.0. The third-order valence-corrected chi connectivity index (χ3v) is 6.05. The third-order valence-electron chi connectivity index (χ3n) is 4.69. The Morgan fingerprint density at radius 2 is 1.95 bits per heavy atom. The van der Waals surface area contributed by atoms with Crippen molar-refractivity contribution in [3.05, 3.63) is 0 Å². The second kappa shape index (κ2) is 6.57. The molecule has 120 valence electrons. The summed E-state index contributed by atoms with van der Waals surface area (Å²) in [5, 5.41) is 9.39. The van der Waals surface area contributed by atoms with E-state index in [9.17, 15) is 14.7 Å². The van der Waals surface area contributed by atoms with E-state index >= 15 is 0 Å². The number of hydrogen-bond donors (Lipinski definition) is 1. The van der Waals surface area contributed by atoms with E-state index in [2.05, 4.69) is 6.92 Å². The van der Waals surface area contributed by atoms with Gasteiger partial charge in [0.15, 0.2) is 0 Å². The number of nitrogens with zero attached hydrogens (tertiary/aromatic N) is 1. The Bertz CT molecular complexity index is 416. The van der Waals surface area contributed by atoms with E-state index in [4.69, 9.17) is 4.74 Å². The summed E-state index contributed by atoms with van der Waals surface area (Å²) in [5.41, 5.74) is 0. The number of ether oxygens (including phenoxy) is 1. The summed E-state index contributed by atoms with van der Waals surface area (Å²) in [6.07, 6.45) is 1.67. The predicted octanol–water partition coefficient (Wildman–Crippen LogP) is 2.20. The molecule has 0 saturated carbocycles. The highest BCUT2D eigenvalue weighted by molar-refractivity contribution is 8.00. The van der Waals surface area contributed by atoms with Crippen molar-refractivity contribution in [3.8, 4) is 0 Å². The molecule has 2 saturated heterocycles. The summed E-state index contributed by atoms with van der Waals surface area (Å²) in [6, 6.07) is -0.700. The van der Waals surface area contributed by atoms with E-state index in [1.165, 1.54) is 0 Å². The van der Waals surface area contributed by atoms with Crippen molar-refractivity contribution in [2.24, 2.45) is 11.8 Å². The van der Waals surface area contributed by atoms with Crippen molar-refractivity contribution in [1.29, 1.82) is 0 Å². The van der Waals surface area contributed by atoms with Crippen LogP contribution in [-0.4, -0.2) is 51.3 Å². The molecule has 2 rings (SSSR count). The smallest absolute Gasteiger partial charge is 0.327 e. The number of aliphatic carboxylic acids is 1. The Morgan fingerprint density at radius 1 is 1.29 bits per heavy atom. The van der Waals surface area contributed by atoms with Crippen LogP contribution in [0.2, 0.25) is 0 Å². The van der Waals surface area contributed by atoms with Crippen molar-refractivity contribution < 1.29 is 19.4 Å². The van der Waals surface area contributed by atoms with Gasteiger partial charge >= 0.3 is 5.97 Å². The van der Waals surface area contributed by atoms with Crippen LogP contribution >= 0.6 is 11.8 Å². The quantitative estimate of drug-likeness (QED) is 0.861. The van der Waals surface area contributed by atoms with Crippen LogP contribution in [0.1, 0.15) is 40.5 Å². The largest absolute Gasteiger partial charge is 0.480 e. The molecular weight excluding hydrogens is 290 g/mol. The minimum absolute atomic E-state index is 0.0149. The van der Waals surface area contributed by atoms with Crippen LogP contribution in [0.3, 0.4) is 0 Å². The maximum absolute atomic E-state index is 13.0. The van der Waals surface area contributed by atoms with Gasteiger partial charge in [-0.3, -0.25) is 4.79 Å². The first-order chi connectivity index (χ1) is 9.88. The standard InChI is InChI=1S/C15H25NO4S/c1-5-6-12-16(11(7-21-12)15(18)19)14(17)13-8(2)9(3)20-10(13)4/h8-13H,5-7H2,1-4H3,(H,18,19). The average molecular weight is 315 g/mol. The molecule has 6 heteroatoms. The summed E-state index contributed by atoms with van der Waals surface area (Å²) in [4.78, 5) is 26.1. The molecule has 0 radical (unpaired) electrons. The van der Waals surface area contributed by atoms with Gasteiger partial charge in [0.1, 0.15) is 6.04 Å². The lowest BCUT2D eigenvalue weighted by molar-refractivity contribution is -0.152. The number of rotatable bonds is 4. The molecule has 2 aliphatic heterocycles.